The third kappa shape index (κ3) is 6.78. The molecule has 0 aliphatic heterocycles. The maximum atomic E-state index is 11.5. The van der Waals surface area contributed by atoms with Gasteiger partial charge in [-0.3, -0.25) is 4.79 Å². The second-order valence-electron chi connectivity index (χ2n) is 4.36. The van der Waals surface area contributed by atoms with E-state index in [-0.39, 0.29) is 23.0 Å². The molecule has 0 fully saturated rings. The Kier molecular flexibility index (Phi) is 7.34. The summed E-state index contributed by atoms with van der Waals surface area (Å²) in [5, 5.41) is 18.7. The van der Waals surface area contributed by atoms with Crippen LogP contribution in [0.15, 0.2) is 24.3 Å². The van der Waals surface area contributed by atoms with Gasteiger partial charge in [0.15, 0.2) is 5.11 Å². The average molecular weight is 398 g/mol. The van der Waals surface area contributed by atoms with Crippen molar-refractivity contribution in [3.63, 3.8) is 0 Å². The number of alkyl halides is 3. The molecule has 1 aromatic rings. The van der Waals surface area contributed by atoms with Crippen LogP contribution < -0.4 is 21.1 Å². The highest BCUT2D eigenvalue weighted by Crippen LogP contribution is 2.29. The molecular weight excluding hydrogens is 385 g/mol. The van der Waals surface area contributed by atoms with Crippen LogP contribution >= 0.6 is 47.0 Å². The van der Waals surface area contributed by atoms with Crippen molar-refractivity contribution in [1.29, 1.82) is 0 Å². The minimum absolute atomic E-state index is 0.0185. The Hall–Kier alpha value is -1.28. The molecule has 0 aromatic heterocycles. The van der Waals surface area contributed by atoms with Crippen LogP contribution in [0.1, 0.15) is 23.7 Å². The number of anilines is 1. The molecular formula is C13H13Cl3N3O3S-. The van der Waals surface area contributed by atoms with Crippen LogP contribution in [-0.4, -0.2) is 26.9 Å². The molecule has 0 aliphatic carbocycles. The number of nitrogens with one attached hydrogen (secondary N) is 3. The van der Waals surface area contributed by atoms with Crippen molar-refractivity contribution in [2.24, 2.45) is 0 Å². The van der Waals surface area contributed by atoms with E-state index in [1.54, 1.807) is 13.0 Å². The number of carboxylic acid groups (broad SMARTS) is 1. The zero-order valence-electron chi connectivity index (χ0n) is 11.9. The molecule has 3 N–H and O–H groups in total. The molecule has 1 amide bonds. The van der Waals surface area contributed by atoms with Gasteiger partial charge in [0.05, 0.1) is 5.97 Å². The van der Waals surface area contributed by atoms with E-state index in [9.17, 15) is 14.7 Å². The topological polar surface area (TPSA) is 93.3 Å². The summed E-state index contributed by atoms with van der Waals surface area (Å²) < 4.78 is -1.84. The van der Waals surface area contributed by atoms with Crippen molar-refractivity contribution < 1.29 is 14.7 Å². The first-order valence-electron chi connectivity index (χ1n) is 6.38. The van der Waals surface area contributed by atoms with Crippen molar-refractivity contribution in [3.05, 3.63) is 29.8 Å². The molecule has 6 nitrogen and oxygen atoms in total. The number of carbonyl (C=O) groups is 2. The Morgan fingerprint density at radius 1 is 1.30 bits per heavy atom. The minimum Gasteiger partial charge on any atom is -0.545 e. The first-order valence-corrected chi connectivity index (χ1v) is 7.92. The van der Waals surface area contributed by atoms with Crippen LogP contribution in [-0.2, 0) is 4.79 Å². The SMILES string of the molecule is CCC(=O)N[C@H](NC(=S)Nc1cccc(C(=O)[O-])c1)C(Cl)(Cl)Cl. The first-order chi connectivity index (χ1) is 10.6. The van der Waals surface area contributed by atoms with E-state index < -0.39 is 15.9 Å². The fourth-order valence-corrected chi connectivity index (χ4v) is 2.05. The van der Waals surface area contributed by atoms with Gasteiger partial charge in [-0.2, -0.15) is 0 Å². The number of halogens is 3. The molecule has 10 heteroatoms. The average Bonchev–Trinajstić information content (AvgIpc) is 2.45. The summed E-state index contributed by atoms with van der Waals surface area (Å²) in [6, 6.07) is 5.82. The number of rotatable bonds is 5. The molecule has 0 bridgehead atoms. The molecule has 1 aromatic carbocycles. The number of carboxylic acids is 1. The summed E-state index contributed by atoms with van der Waals surface area (Å²) in [6.07, 6.45) is -0.864. The maximum absolute atomic E-state index is 11.5. The van der Waals surface area contributed by atoms with Crippen molar-refractivity contribution >= 4 is 69.7 Å². The normalized spacial score (nSPS) is 12.2. The monoisotopic (exact) mass is 396 g/mol. The van der Waals surface area contributed by atoms with Crippen LogP contribution in [0.25, 0.3) is 0 Å². The smallest absolute Gasteiger partial charge is 0.228 e. The molecule has 0 unspecified atom stereocenters. The van der Waals surface area contributed by atoms with Crippen LogP contribution in [0, 0.1) is 0 Å². The molecule has 126 valence electrons. The lowest BCUT2D eigenvalue weighted by atomic mass is 10.2. The second kappa shape index (κ2) is 8.54. The predicted molar refractivity (Wildman–Crippen MR) is 92.6 cm³/mol. The number of hydrogen-bond acceptors (Lipinski definition) is 4. The third-order valence-electron chi connectivity index (χ3n) is 2.59. The zero-order chi connectivity index (χ0) is 17.6. The fraction of sp³-hybridized carbons (Fsp3) is 0.308. The lowest BCUT2D eigenvalue weighted by molar-refractivity contribution is -0.255. The molecule has 0 saturated carbocycles. The van der Waals surface area contributed by atoms with Gasteiger partial charge in [0.1, 0.15) is 6.17 Å². The van der Waals surface area contributed by atoms with Crippen molar-refractivity contribution in [2.75, 3.05) is 5.32 Å². The molecule has 1 rings (SSSR count). The number of benzene rings is 1. The Bertz CT molecular complexity index is 608. The molecule has 0 radical (unpaired) electrons. The minimum atomic E-state index is -1.84. The quantitative estimate of drug-likeness (QED) is 0.397. The lowest BCUT2D eigenvalue weighted by Crippen LogP contribution is -2.56. The third-order valence-corrected chi connectivity index (χ3v) is 3.46. The number of amides is 1. The summed E-state index contributed by atoms with van der Waals surface area (Å²) in [4.78, 5) is 22.3. The van der Waals surface area contributed by atoms with Crippen molar-refractivity contribution in [2.45, 2.75) is 23.3 Å². The highest BCUT2D eigenvalue weighted by Gasteiger charge is 2.34. The van der Waals surface area contributed by atoms with E-state index in [0.717, 1.165) is 0 Å². The van der Waals surface area contributed by atoms with Gasteiger partial charge in [-0.05, 0) is 29.9 Å². The molecule has 23 heavy (non-hydrogen) atoms. The molecule has 1 atom stereocenters. The van der Waals surface area contributed by atoms with Gasteiger partial charge in [-0.15, -0.1) is 0 Å². The van der Waals surface area contributed by atoms with E-state index in [1.165, 1.54) is 18.2 Å². The molecule has 0 saturated heterocycles. The van der Waals surface area contributed by atoms with Crippen LogP contribution in [0.5, 0.6) is 0 Å². The zero-order valence-corrected chi connectivity index (χ0v) is 14.9. The van der Waals surface area contributed by atoms with Gasteiger partial charge in [-0.25, -0.2) is 0 Å². The molecule has 0 heterocycles. The summed E-state index contributed by atoms with van der Waals surface area (Å²) in [6.45, 7) is 1.65. The number of aromatic carboxylic acids is 1. The lowest BCUT2D eigenvalue weighted by Gasteiger charge is -2.27. The van der Waals surface area contributed by atoms with Crippen LogP contribution in [0.3, 0.4) is 0 Å². The Balaban J connectivity index is 2.77. The van der Waals surface area contributed by atoms with Gasteiger partial charge in [0, 0.05) is 12.1 Å². The maximum Gasteiger partial charge on any atom is 0.228 e. The summed E-state index contributed by atoms with van der Waals surface area (Å²) in [5.41, 5.74) is 0.379. The Morgan fingerprint density at radius 3 is 2.48 bits per heavy atom. The fourth-order valence-electron chi connectivity index (χ4n) is 1.48. The van der Waals surface area contributed by atoms with Crippen molar-refractivity contribution in [1.82, 2.24) is 10.6 Å². The second-order valence-corrected chi connectivity index (χ2v) is 7.14. The Morgan fingerprint density at radius 2 is 1.96 bits per heavy atom. The van der Waals surface area contributed by atoms with E-state index >= 15 is 0 Å². The highest BCUT2D eigenvalue weighted by molar-refractivity contribution is 7.80. The van der Waals surface area contributed by atoms with Gasteiger partial charge in [-0.1, -0.05) is 53.9 Å². The predicted octanol–water partition coefficient (Wildman–Crippen LogP) is 1.56. The Labute approximate surface area is 153 Å². The van der Waals surface area contributed by atoms with E-state index in [4.69, 9.17) is 47.0 Å². The standard InChI is InChI=1S/C13H14Cl3N3O3S/c1-2-9(20)18-11(13(14,15)16)19-12(23)17-8-5-3-4-7(6-8)10(21)22/h3-6,11H,2H2,1H3,(H,18,20)(H,21,22)(H2,17,19,23)/p-1/t11-/m1/s1. The van der Waals surface area contributed by atoms with Gasteiger partial charge >= 0.3 is 0 Å². The number of carbonyl (C=O) groups excluding carboxylic acids is 2. The van der Waals surface area contributed by atoms with E-state index in [0.29, 0.717) is 5.69 Å². The van der Waals surface area contributed by atoms with Gasteiger partial charge < -0.3 is 25.9 Å². The summed E-state index contributed by atoms with van der Waals surface area (Å²) in [7, 11) is 0. The molecule has 0 spiro atoms. The number of hydrogen-bond donors (Lipinski definition) is 3. The summed E-state index contributed by atoms with van der Waals surface area (Å²) in [5.74, 6) is -1.66. The van der Waals surface area contributed by atoms with E-state index in [2.05, 4.69) is 16.0 Å². The molecule has 0 aliphatic rings. The van der Waals surface area contributed by atoms with Crippen molar-refractivity contribution in [3.8, 4) is 0 Å². The summed E-state index contributed by atoms with van der Waals surface area (Å²) >= 11 is 22.4. The number of thiocarbonyl (C=S) groups is 1. The van der Waals surface area contributed by atoms with Crippen LogP contribution in [0.4, 0.5) is 5.69 Å². The van der Waals surface area contributed by atoms with Gasteiger partial charge in [0.25, 0.3) is 0 Å². The first kappa shape index (κ1) is 19.8. The highest BCUT2D eigenvalue weighted by atomic mass is 35.6. The van der Waals surface area contributed by atoms with E-state index in [1.807, 2.05) is 0 Å². The van der Waals surface area contributed by atoms with Crippen LogP contribution in [0.2, 0.25) is 0 Å². The largest absolute Gasteiger partial charge is 0.545 e. The van der Waals surface area contributed by atoms with Gasteiger partial charge in [0.2, 0.25) is 9.70 Å².